The molecule has 21 heavy (non-hydrogen) atoms. The Hall–Kier alpha value is -1.64. The lowest BCUT2D eigenvalue weighted by molar-refractivity contribution is 0.1000. The summed E-state index contributed by atoms with van der Waals surface area (Å²) in [6, 6.07) is 3.46. The van der Waals surface area contributed by atoms with Gasteiger partial charge in [-0.25, -0.2) is 13.1 Å². The average Bonchev–Trinajstić information content (AvgIpc) is 2.37. The minimum Gasteiger partial charge on any atom is -0.398 e. The van der Waals surface area contributed by atoms with Gasteiger partial charge in [-0.15, -0.1) is 0 Å². The van der Waals surface area contributed by atoms with Crippen LogP contribution in [0.15, 0.2) is 23.1 Å². The number of nitrogen functional groups attached to an aromatic ring is 1. The molecular formula is C13H21N3O4S. The molecule has 0 radical (unpaired) electrons. The lowest BCUT2D eigenvalue weighted by atomic mass is 10.1. The second-order valence-corrected chi connectivity index (χ2v) is 6.73. The van der Waals surface area contributed by atoms with Gasteiger partial charge in [0, 0.05) is 18.7 Å². The Bertz CT molecular complexity index is 614. The maximum atomic E-state index is 12.4. The Morgan fingerprint density at radius 3 is 2.43 bits per heavy atom. The number of ether oxygens (including phenoxy) is 1. The fourth-order valence-corrected chi connectivity index (χ4v) is 3.23. The zero-order chi connectivity index (χ0) is 16.2. The molecule has 7 nitrogen and oxygen atoms in total. The van der Waals surface area contributed by atoms with Crippen LogP contribution in [0.3, 0.4) is 0 Å². The van der Waals surface area contributed by atoms with E-state index in [2.05, 4.69) is 4.72 Å². The van der Waals surface area contributed by atoms with Crippen LogP contribution in [0, 0.1) is 5.92 Å². The predicted molar refractivity (Wildman–Crippen MR) is 80.2 cm³/mol. The third-order valence-electron chi connectivity index (χ3n) is 3.04. The molecule has 0 heterocycles. The number of carbonyl (C=O) groups is 1. The smallest absolute Gasteiger partial charge is 0.248 e. The van der Waals surface area contributed by atoms with E-state index in [0.717, 1.165) is 0 Å². The quantitative estimate of drug-likeness (QED) is 0.625. The van der Waals surface area contributed by atoms with E-state index in [0.29, 0.717) is 0 Å². The molecule has 0 bridgehead atoms. The van der Waals surface area contributed by atoms with Crippen molar-refractivity contribution in [2.75, 3.05) is 19.5 Å². The number of nitrogens with two attached hydrogens (primary N) is 2. The Morgan fingerprint density at radius 2 is 2.00 bits per heavy atom. The zero-order valence-corrected chi connectivity index (χ0v) is 13.1. The van der Waals surface area contributed by atoms with Gasteiger partial charge in [0.05, 0.1) is 12.3 Å². The van der Waals surface area contributed by atoms with Gasteiger partial charge in [0.2, 0.25) is 15.9 Å². The summed E-state index contributed by atoms with van der Waals surface area (Å²) in [6.07, 6.45) is 0. The summed E-state index contributed by atoms with van der Waals surface area (Å²) in [5, 5.41) is 0. The Morgan fingerprint density at radius 1 is 1.38 bits per heavy atom. The first-order valence-electron chi connectivity index (χ1n) is 6.39. The molecule has 0 fully saturated rings. The number of benzene rings is 1. The highest BCUT2D eigenvalue weighted by molar-refractivity contribution is 7.89. The molecule has 0 spiro atoms. The van der Waals surface area contributed by atoms with Crippen molar-refractivity contribution in [1.82, 2.24) is 4.72 Å². The summed E-state index contributed by atoms with van der Waals surface area (Å²) < 4.78 is 32.3. The van der Waals surface area contributed by atoms with Crippen molar-refractivity contribution in [2.45, 2.75) is 24.8 Å². The van der Waals surface area contributed by atoms with Crippen molar-refractivity contribution in [2.24, 2.45) is 11.7 Å². The Kier molecular flexibility index (Phi) is 5.70. The van der Waals surface area contributed by atoms with Gasteiger partial charge >= 0.3 is 0 Å². The fourth-order valence-electron chi connectivity index (χ4n) is 1.75. The van der Waals surface area contributed by atoms with Crippen molar-refractivity contribution in [1.29, 1.82) is 0 Å². The summed E-state index contributed by atoms with van der Waals surface area (Å²) in [5.41, 5.74) is 11.0. The van der Waals surface area contributed by atoms with Crippen molar-refractivity contribution in [3.8, 4) is 0 Å². The normalized spacial score (nSPS) is 13.3. The fraction of sp³-hybridized carbons (Fsp3) is 0.462. The molecule has 0 aliphatic rings. The van der Waals surface area contributed by atoms with E-state index in [-0.39, 0.29) is 34.7 Å². The molecule has 1 unspecified atom stereocenters. The van der Waals surface area contributed by atoms with Gasteiger partial charge in [0.25, 0.3) is 0 Å². The zero-order valence-electron chi connectivity index (χ0n) is 12.3. The van der Waals surface area contributed by atoms with E-state index in [1.807, 2.05) is 13.8 Å². The highest BCUT2D eigenvalue weighted by Gasteiger charge is 2.24. The van der Waals surface area contributed by atoms with Crippen molar-refractivity contribution >= 4 is 21.6 Å². The van der Waals surface area contributed by atoms with Crippen LogP contribution in [0.4, 0.5) is 5.69 Å². The van der Waals surface area contributed by atoms with Gasteiger partial charge in [0.15, 0.2) is 0 Å². The topological polar surface area (TPSA) is 125 Å². The molecule has 1 amide bonds. The van der Waals surface area contributed by atoms with Crippen LogP contribution < -0.4 is 16.2 Å². The van der Waals surface area contributed by atoms with Gasteiger partial charge in [0.1, 0.15) is 4.90 Å². The van der Waals surface area contributed by atoms with Crippen LogP contribution in [0.2, 0.25) is 0 Å². The molecule has 0 aliphatic carbocycles. The van der Waals surface area contributed by atoms with Crippen molar-refractivity contribution in [3.63, 3.8) is 0 Å². The minimum absolute atomic E-state index is 0.0290. The molecular weight excluding hydrogens is 294 g/mol. The van der Waals surface area contributed by atoms with Gasteiger partial charge in [-0.3, -0.25) is 4.79 Å². The van der Waals surface area contributed by atoms with E-state index in [9.17, 15) is 13.2 Å². The third-order valence-corrected chi connectivity index (χ3v) is 4.61. The number of carbonyl (C=O) groups excluding carboxylic acids is 1. The molecule has 1 aromatic rings. The number of nitrogens with one attached hydrogen (secondary N) is 1. The van der Waals surface area contributed by atoms with E-state index in [1.165, 1.54) is 25.3 Å². The summed E-state index contributed by atoms with van der Waals surface area (Å²) in [4.78, 5) is 11.0. The van der Waals surface area contributed by atoms with Crippen LogP contribution in [-0.2, 0) is 14.8 Å². The molecule has 1 aromatic carbocycles. The largest absolute Gasteiger partial charge is 0.398 e. The predicted octanol–water partition coefficient (Wildman–Crippen LogP) is 0.317. The van der Waals surface area contributed by atoms with E-state index < -0.39 is 15.9 Å². The maximum Gasteiger partial charge on any atom is 0.248 e. The van der Waals surface area contributed by atoms with E-state index >= 15 is 0 Å². The Labute approximate surface area is 124 Å². The minimum atomic E-state index is -3.81. The van der Waals surface area contributed by atoms with Crippen LogP contribution in [0.25, 0.3) is 0 Å². The molecule has 0 aromatic heterocycles. The van der Waals surface area contributed by atoms with Crippen molar-refractivity contribution in [3.05, 3.63) is 23.8 Å². The number of anilines is 1. The molecule has 0 aliphatic heterocycles. The average molecular weight is 315 g/mol. The third kappa shape index (κ3) is 4.42. The van der Waals surface area contributed by atoms with Gasteiger partial charge in [-0.05, 0) is 24.1 Å². The summed E-state index contributed by atoms with van der Waals surface area (Å²) in [7, 11) is -2.31. The molecule has 1 atom stereocenters. The number of methoxy groups -OCH3 is 1. The van der Waals surface area contributed by atoms with Crippen LogP contribution >= 0.6 is 0 Å². The first-order valence-corrected chi connectivity index (χ1v) is 7.88. The molecule has 118 valence electrons. The molecule has 1 rings (SSSR count). The number of primary amides is 1. The summed E-state index contributed by atoms with van der Waals surface area (Å²) in [6.45, 7) is 4.01. The SMILES string of the molecule is COCC(NS(=O)(=O)c1ccc(C(N)=O)cc1N)C(C)C. The second kappa shape index (κ2) is 6.88. The monoisotopic (exact) mass is 315 g/mol. The van der Waals surface area contributed by atoms with Crippen LogP contribution in [0.1, 0.15) is 24.2 Å². The second-order valence-electron chi connectivity index (χ2n) is 5.04. The van der Waals surface area contributed by atoms with Crippen molar-refractivity contribution < 1.29 is 17.9 Å². The van der Waals surface area contributed by atoms with Crippen LogP contribution in [0.5, 0.6) is 0 Å². The number of rotatable bonds is 7. The molecule has 0 saturated carbocycles. The number of hydrogen-bond acceptors (Lipinski definition) is 5. The van der Waals surface area contributed by atoms with E-state index in [4.69, 9.17) is 16.2 Å². The number of hydrogen-bond donors (Lipinski definition) is 3. The molecule has 8 heteroatoms. The lowest BCUT2D eigenvalue weighted by Crippen LogP contribution is -2.41. The molecule has 0 saturated heterocycles. The summed E-state index contributed by atoms with van der Waals surface area (Å²) >= 11 is 0. The molecule has 5 N–H and O–H groups in total. The highest BCUT2D eigenvalue weighted by Crippen LogP contribution is 2.20. The first-order chi connectivity index (χ1) is 9.69. The van der Waals surface area contributed by atoms with Crippen LogP contribution in [-0.4, -0.2) is 34.1 Å². The Balaban J connectivity index is 3.10. The van der Waals surface area contributed by atoms with Gasteiger partial charge in [-0.1, -0.05) is 13.8 Å². The number of sulfonamides is 1. The first kappa shape index (κ1) is 17.4. The lowest BCUT2D eigenvalue weighted by Gasteiger charge is -2.22. The standard InChI is InChI=1S/C13H21N3O4S/c1-8(2)11(7-20-3)16-21(18,19)12-5-4-9(13(15)17)6-10(12)14/h4-6,8,11,16H,7,14H2,1-3H3,(H2,15,17). The van der Waals surface area contributed by atoms with E-state index in [1.54, 1.807) is 0 Å². The maximum absolute atomic E-state index is 12.4. The highest BCUT2D eigenvalue weighted by atomic mass is 32.2. The summed E-state index contributed by atoms with van der Waals surface area (Å²) in [5.74, 6) is -0.621. The van der Waals surface area contributed by atoms with Gasteiger partial charge < -0.3 is 16.2 Å². The van der Waals surface area contributed by atoms with Gasteiger partial charge in [-0.2, -0.15) is 0 Å². The number of amides is 1.